The van der Waals surface area contributed by atoms with Crippen LogP contribution in [0.2, 0.25) is 0 Å². The zero-order chi connectivity index (χ0) is 9.10. The van der Waals surface area contributed by atoms with Crippen molar-refractivity contribution in [2.75, 3.05) is 5.32 Å². The summed E-state index contributed by atoms with van der Waals surface area (Å²) in [7, 11) is 0. The van der Waals surface area contributed by atoms with Crippen molar-refractivity contribution in [3.63, 3.8) is 0 Å². The van der Waals surface area contributed by atoms with E-state index in [1.807, 2.05) is 0 Å². The normalized spacial score (nSPS) is 9.92. The van der Waals surface area contributed by atoms with Crippen LogP contribution in [0.5, 0.6) is 0 Å². The van der Waals surface area contributed by atoms with Crippen molar-refractivity contribution in [3.8, 4) is 0 Å². The van der Waals surface area contributed by atoms with Crippen LogP contribution in [0, 0.1) is 13.1 Å². The molecule has 0 bridgehead atoms. The van der Waals surface area contributed by atoms with Crippen LogP contribution in [-0.2, 0) is 0 Å². The van der Waals surface area contributed by atoms with Gasteiger partial charge in [0.2, 0.25) is 0 Å². The first kappa shape index (κ1) is 7.72. The second-order valence-corrected chi connectivity index (χ2v) is 2.44. The van der Waals surface area contributed by atoms with Crippen LogP contribution in [0.1, 0.15) is 5.82 Å². The van der Waals surface area contributed by atoms with Gasteiger partial charge in [-0.15, -0.1) is 0 Å². The molecule has 65 valence electrons. The molecule has 5 nitrogen and oxygen atoms in total. The average Bonchev–Trinajstić information content (AvgIpc) is 2.57. The second kappa shape index (κ2) is 3.22. The number of aromatic nitrogens is 3. The lowest BCUT2D eigenvalue weighted by atomic mass is 10.5. The predicted molar refractivity (Wildman–Crippen MR) is 45.4 cm³/mol. The number of aryl methyl sites for hydroxylation is 1. The smallest absolute Gasteiger partial charge is 0.174 e. The molecule has 0 atom stereocenters. The molecular formula is C8H7N4O. The van der Waals surface area contributed by atoms with Crippen molar-refractivity contribution < 1.29 is 4.52 Å². The molecule has 5 heteroatoms. The maximum Gasteiger partial charge on any atom is 0.174 e. The predicted octanol–water partition coefficient (Wildman–Crippen LogP) is 1.32. The van der Waals surface area contributed by atoms with Crippen molar-refractivity contribution in [3.05, 3.63) is 30.4 Å². The van der Waals surface area contributed by atoms with E-state index in [2.05, 4.69) is 31.2 Å². The zero-order valence-electron chi connectivity index (χ0n) is 6.98. The van der Waals surface area contributed by atoms with Crippen LogP contribution in [0.3, 0.4) is 0 Å². The highest BCUT2D eigenvalue weighted by atomic mass is 16.5. The van der Waals surface area contributed by atoms with Crippen molar-refractivity contribution in [1.29, 1.82) is 0 Å². The SMILES string of the molecule is Cc1n[c]cc(Nc2ccon2)n1. The molecule has 0 unspecified atom stereocenters. The molecule has 2 aromatic rings. The molecule has 0 saturated heterocycles. The van der Waals surface area contributed by atoms with Gasteiger partial charge in [-0.25, -0.2) is 9.97 Å². The summed E-state index contributed by atoms with van der Waals surface area (Å²) in [5.41, 5.74) is 0. The molecule has 2 rings (SSSR count). The zero-order valence-corrected chi connectivity index (χ0v) is 6.98. The average molecular weight is 175 g/mol. The molecular weight excluding hydrogens is 168 g/mol. The quantitative estimate of drug-likeness (QED) is 0.745. The van der Waals surface area contributed by atoms with E-state index in [-0.39, 0.29) is 0 Å². The van der Waals surface area contributed by atoms with Crippen LogP contribution >= 0.6 is 0 Å². The van der Waals surface area contributed by atoms with Crippen molar-refractivity contribution >= 4 is 11.6 Å². The number of nitrogens with one attached hydrogen (secondary N) is 1. The summed E-state index contributed by atoms with van der Waals surface area (Å²) in [5.74, 6) is 1.93. The summed E-state index contributed by atoms with van der Waals surface area (Å²) in [6, 6.07) is 3.35. The molecule has 13 heavy (non-hydrogen) atoms. The van der Waals surface area contributed by atoms with E-state index in [0.717, 1.165) is 0 Å². The molecule has 0 fully saturated rings. The fourth-order valence-electron chi connectivity index (χ4n) is 0.891. The lowest BCUT2D eigenvalue weighted by molar-refractivity contribution is 0.423. The first-order valence-corrected chi connectivity index (χ1v) is 3.74. The molecule has 1 N–H and O–H groups in total. The molecule has 0 aliphatic carbocycles. The van der Waals surface area contributed by atoms with Gasteiger partial charge in [0.05, 0.1) is 6.20 Å². The first-order chi connectivity index (χ1) is 6.34. The van der Waals surface area contributed by atoms with Gasteiger partial charge in [0.15, 0.2) is 5.82 Å². The molecule has 2 aromatic heterocycles. The molecule has 0 spiro atoms. The Kier molecular flexibility index (Phi) is 1.91. The third-order valence-electron chi connectivity index (χ3n) is 1.40. The fourth-order valence-corrected chi connectivity index (χ4v) is 0.891. The summed E-state index contributed by atoms with van der Waals surface area (Å²) >= 11 is 0. The number of hydrogen-bond donors (Lipinski definition) is 1. The summed E-state index contributed by atoms with van der Waals surface area (Å²) in [4.78, 5) is 7.96. The number of anilines is 2. The van der Waals surface area contributed by atoms with E-state index in [1.165, 1.54) is 6.26 Å². The third-order valence-corrected chi connectivity index (χ3v) is 1.40. The highest BCUT2D eigenvalue weighted by Crippen LogP contribution is 2.09. The van der Waals surface area contributed by atoms with Crippen molar-refractivity contribution in [2.45, 2.75) is 6.92 Å². The Labute approximate surface area is 74.8 Å². The van der Waals surface area contributed by atoms with Gasteiger partial charge in [-0.05, 0) is 6.92 Å². The van der Waals surface area contributed by atoms with Gasteiger partial charge < -0.3 is 9.84 Å². The maximum atomic E-state index is 4.65. The topological polar surface area (TPSA) is 63.8 Å². The second-order valence-electron chi connectivity index (χ2n) is 2.44. The lowest BCUT2D eigenvalue weighted by Crippen LogP contribution is -1.96. The van der Waals surface area contributed by atoms with Gasteiger partial charge in [-0.2, -0.15) is 0 Å². The minimum Gasteiger partial charge on any atom is -0.363 e. The Balaban J connectivity index is 2.19. The largest absolute Gasteiger partial charge is 0.363 e. The summed E-state index contributed by atoms with van der Waals surface area (Å²) < 4.78 is 4.65. The van der Waals surface area contributed by atoms with Gasteiger partial charge in [-0.3, -0.25) is 0 Å². The Bertz CT molecular complexity index is 385. The van der Waals surface area contributed by atoms with Gasteiger partial charge in [-0.1, -0.05) is 5.16 Å². The van der Waals surface area contributed by atoms with E-state index < -0.39 is 0 Å². The summed E-state index contributed by atoms with van der Waals surface area (Å²) in [6.45, 7) is 1.80. The highest BCUT2D eigenvalue weighted by molar-refractivity contribution is 5.49. The monoisotopic (exact) mass is 175 g/mol. The van der Waals surface area contributed by atoms with Crippen LogP contribution in [0.4, 0.5) is 11.6 Å². The minimum absolute atomic E-state index is 0.617. The molecule has 0 aliphatic heterocycles. The first-order valence-electron chi connectivity index (χ1n) is 3.74. The van der Waals surface area contributed by atoms with Crippen molar-refractivity contribution in [1.82, 2.24) is 15.1 Å². The van der Waals surface area contributed by atoms with E-state index in [9.17, 15) is 0 Å². The molecule has 0 aromatic carbocycles. The Hall–Kier alpha value is -1.91. The molecule has 0 amide bonds. The minimum atomic E-state index is 0.617. The van der Waals surface area contributed by atoms with E-state index in [0.29, 0.717) is 17.5 Å². The fraction of sp³-hybridized carbons (Fsp3) is 0.125. The van der Waals surface area contributed by atoms with Crippen LogP contribution in [-0.4, -0.2) is 15.1 Å². The Morgan fingerprint density at radius 3 is 3.08 bits per heavy atom. The molecule has 0 aliphatic rings. The van der Waals surface area contributed by atoms with E-state index in [1.54, 1.807) is 19.1 Å². The number of rotatable bonds is 2. The standard InChI is InChI=1S/C8H7N4O/c1-6-9-4-2-7(10-6)11-8-3-5-13-12-8/h2-3,5H,1H3,(H,9,10,11,12). The van der Waals surface area contributed by atoms with Crippen LogP contribution in [0.25, 0.3) is 0 Å². The third kappa shape index (κ3) is 1.81. The maximum absolute atomic E-state index is 4.65. The number of hydrogen-bond acceptors (Lipinski definition) is 5. The summed E-state index contributed by atoms with van der Waals surface area (Å²) in [6.07, 6.45) is 4.19. The Morgan fingerprint density at radius 1 is 1.46 bits per heavy atom. The molecule has 0 saturated carbocycles. The van der Waals surface area contributed by atoms with Gasteiger partial charge >= 0.3 is 0 Å². The van der Waals surface area contributed by atoms with Crippen molar-refractivity contribution in [2.24, 2.45) is 0 Å². The van der Waals surface area contributed by atoms with Gasteiger partial charge in [0.25, 0.3) is 0 Å². The summed E-state index contributed by atoms with van der Waals surface area (Å²) in [5, 5.41) is 6.62. The van der Waals surface area contributed by atoms with Crippen LogP contribution in [0.15, 0.2) is 22.9 Å². The number of nitrogens with zero attached hydrogens (tertiary/aromatic N) is 3. The van der Waals surface area contributed by atoms with E-state index >= 15 is 0 Å². The lowest BCUT2D eigenvalue weighted by Gasteiger charge is -1.99. The van der Waals surface area contributed by atoms with Gasteiger partial charge in [0, 0.05) is 12.1 Å². The van der Waals surface area contributed by atoms with E-state index in [4.69, 9.17) is 0 Å². The molecule has 1 radical (unpaired) electrons. The van der Waals surface area contributed by atoms with Gasteiger partial charge in [0.1, 0.15) is 17.9 Å². The highest BCUT2D eigenvalue weighted by Gasteiger charge is 1.98. The Morgan fingerprint density at radius 2 is 2.38 bits per heavy atom. The van der Waals surface area contributed by atoms with Crippen LogP contribution < -0.4 is 5.32 Å². The molecule has 2 heterocycles.